The van der Waals surface area contributed by atoms with Crippen LogP contribution in [0.2, 0.25) is 10.0 Å². The van der Waals surface area contributed by atoms with Crippen molar-refractivity contribution in [2.24, 2.45) is 0 Å². The molecule has 4 rings (SSSR count). The Hall–Kier alpha value is -1.56. The van der Waals surface area contributed by atoms with E-state index in [9.17, 15) is 4.79 Å². The highest BCUT2D eigenvalue weighted by Gasteiger charge is 2.35. The number of carbonyl (C=O) groups is 1. The number of benzene rings is 1. The summed E-state index contributed by atoms with van der Waals surface area (Å²) in [7, 11) is 2.09. The number of hydrogen-bond donors (Lipinski definition) is 0. The summed E-state index contributed by atoms with van der Waals surface area (Å²) < 4.78 is 1.83. The highest BCUT2D eigenvalue weighted by atomic mass is 35.5. The van der Waals surface area contributed by atoms with Crippen LogP contribution in [0.15, 0.2) is 18.2 Å². The SMILES string of the molecule is Cc1c(C(=O)N2CCN(C)CC2)c(C2CC2)nn1-c1ccc(Cl)c(Cl)c1. The van der Waals surface area contributed by atoms with Gasteiger partial charge in [0.05, 0.1) is 32.7 Å². The Balaban J connectivity index is 1.73. The fourth-order valence-corrected chi connectivity index (χ4v) is 3.76. The van der Waals surface area contributed by atoms with E-state index >= 15 is 0 Å². The first-order valence-electron chi connectivity index (χ1n) is 8.98. The summed E-state index contributed by atoms with van der Waals surface area (Å²) in [5, 5.41) is 5.80. The van der Waals surface area contributed by atoms with E-state index in [1.807, 2.05) is 22.6 Å². The fourth-order valence-electron chi connectivity index (χ4n) is 3.47. The molecule has 7 heteroatoms. The van der Waals surface area contributed by atoms with Crippen molar-refractivity contribution in [2.45, 2.75) is 25.7 Å². The monoisotopic (exact) mass is 392 g/mol. The van der Waals surface area contributed by atoms with Gasteiger partial charge in [-0.25, -0.2) is 4.68 Å². The van der Waals surface area contributed by atoms with Crippen molar-refractivity contribution in [3.8, 4) is 5.69 Å². The standard InChI is InChI=1S/C19H22Cl2N4O/c1-12-17(19(26)24-9-7-23(2)8-10-24)18(13-3-4-13)22-25(12)14-5-6-15(20)16(21)11-14/h5-6,11,13H,3-4,7-10H2,1-2H3. The number of halogens is 2. The van der Waals surface area contributed by atoms with E-state index in [0.717, 1.165) is 61.7 Å². The summed E-state index contributed by atoms with van der Waals surface area (Å²) in [6, 6.07) is 5.44. The molecule has 26 heavy (non-hydrogen) atoms. The second-order valence-corrected chi connectivity index (χ2v) is 8.04. The van der Waals surface area contributed by atoms with Crippen molar-refractivity contribution in [1.82, 2.24) is 19.6 Å². The largest absolute Gasteiger partial charge is 0.336 e. The highest BCUT2D eigenvalue weighted by Crippen LogP contribution is 2.42. The first kappa shape index (κ1) is 17.8. The number of aromatic nitrogens is 2. The van der Waals surface area contributed by atoms with Crippen LogP contribution in [0.1, 0.15) is 40.5 Å². The van der Waals surface area contributed by atoms with Gasteiger partial charge >= 0.3 is 0 Å². The van der Waals surface area contributed by atoms with E-state index in [0.29, 0.717) is 16.0 Å². The Kier molecular flexibility index (Phi) is 4.71. The van der Waals surface area contributed by atoms with Gasteiger partial charge in [0, 0.05) is 32.1 Å². The van der Waals surface area contributed by atoms with Crippen LogP contribution in [-0.2, 0) is 0 Å². The summed E-state index contributed by atoms with van der Waals surface area (Å²) in [5.74, 6) is 0.493. The Morgan fingerprint density at radius 2 is 1.81 bits per heavy atom. The zero-order valence-corrected chi connectivity index (χ0v) is 16.5. The lowest BCUT2D eigenvalue weighted by molar-refractivity contribution is 0.0662. The number of piperazine rings is 1. The Morgan fingerprint density at radius 3 is 2.42 bits per heavy atom. The molecule has 0 bridgehead atoms. The summed E-state index contributed by atoms with van der Waals surface area (Å²) in [6.45, 7) is 5.30. The van der Waals surface area contributed by atoms with Gasteiger partial charge in [0.1, 0.15) is 0 Å². The molecular formula is C19H22Cl2N4O. The second-order valence-electron chi connectivity index (χ2n) is 7.23. The maximum atomic E-state index is 13.3. The van der Waals surface area contributed by atoms with Crippen LogP contribution in [0.5, 0.6) is 0 Å². The van der Waals surface area contributed by atoms with Crippen LogP contribution in [-0.4, -0.2) is 58.7 Å². The van der Waals surface area contributed by atoms with Crippen LogP contribution in [0, 0.1) is 6.92 Å². The van der Waals surface area contributed by atoms with E-state index < -0.39 is 0 Å². The maximum absolute atomic E-state index is 13.3. The molecular weight excluding hydrogens is 371 g/mol. The van der Waals surface area contributed by atoms with Crippen molar-refractivity contribution in [3.63, 3.8) is 0 Å². The highest BCUT2D eigenvalue weighted by molar-refractivity contribution is 6.42. The van der Waals surface area contributed by atoms with Crippen LogP contribution in [0.25, 0.3) is 5.69 Å². The molecule has 1 amide bonds. The predicted molar refractivity (Wildman–Crippen MR) is 104 cm³/mol. The third-order valence-corrected chi connectivity index (χ3v) is 6.00. The fraction of sp³-hybridized carbons (Fsp3) is 0.474. The predicted octanol–water partition coefficient (Wildman–Crippen LogP) is 3.75. The Bertz CT molecular complexity index is 851. The molecule has 5 nitrogen and oxygen atoms in total. The van der Waals surface area contributed by atoms with E-state index in [2.05, 4.69) is 11.9 Å². The lowest BCUT2D eigenvalue weighted by atomic mass is 10.1. The molecule has 0 radical (unpaired) electrons. The number of amides is 1. The zero-order valence-electron chi connectivity index (χ0n) is 15.0. The second kappa shape index (κ2) is 6.87. The lowest BCUT2D eigenvalue weighted by Crippen LogP contribution is -2.47. The van der Waals surface area contributed by atoms with Crippen LogP contribution >= 0.6 is 23.2 Å². The number of hydrogen-bond acceptors (Lipinski definition) is 3. The van der Waals surface area contributed by atoms with E-state index in [-0.39, 0.29) is 5.91 Å². The zero-order chi connectivity index (χ0) is 18.4. The molecule has 1 aromatic carbocycles. The molecule has 2 aliphatic rings. The van der Waals surface area contributed by atoms with Gasteiger partial charge < -0.3 is 9.80 Å². The Labute approximate surface area is 163 Å². The molecule has 2 fully saturated rings. The molecule has 1 aliphatic heterocycles. The third kappa shape index (κ3) is 3.24. The van der Waals surface area contributed by atoms with Crippen molar-refractivity contribution in [1.29, 1.82) is 0 Å². The van der Waals surface area contributed by atoms with E-state index in [1.165, 1.54) is 0 Å². The third-order valence-electron chi connectivity index (χ3n) is 5.26. The number of nitrogens with zero attached hydrogens (tertiary/aromatic N) is 4. The van der Waals surface area contributed by atoms with Gasteiger partial charge in [0.2, 0.25) is 0 Å². The molecule has 138 valence electrons. The van der Waals surface area contributed by atoms with Gasteiger partial charge in [-0.3, -0.25) is 4.79 Å². The summed E-state index contributed by atoms with van der Waals surface area (Å²) >= 11 is 12.2. The van der Waals surface area contributed by atoms with Gasteiger partial charge in [-0.1, -0.05) is 23.2 Å². The minimum absolute atomic E-state index is 0.101. The van der Waals surface area contributed by atoms with Gasteiger partial charge in [-0.05, 0) is 45.0 Å². The topological polar surface area (TPSA) is 41.4 Å². The maximum Gasteiger partial charge on any atom is 0.257 e. The average Bonchev–Trinajstić information content (AvgIpc) is 3.41. The van der Waals surface area contributed by atoms with Gasteiger partial charge in [-0.2, -0.15) is 5.10 Å². The summed E-state index contributed by atoms with van der Waals surface area (Å²) in [5.41, 5.74) is 3.39. The van der Waals surface area contributed by atoms with Gasteiger partial charge in [-0.15, -0.1) is 0 Å². The van der Waals surface area contributed by atoms with Crippen molar-refractivity contribution in [3.05, 3.63) is 45.2 Å². The first-order chi connectivity index (χ1) is 12.5. The van der Waals surface area contributed by atoms with Crippen molar-refractivity contribution >= 4 is 29.1 Å². The normalized spacial score (nSPS) is 18.4. The quantitative estimate of drug-likeness (QED) is 0.798. The molecule has 2 aromatic rings. The van der Waals surface area contributed by atoms with Gasteiger partial charge in [0.25, 0.3) is 5.91 Å². The summed E-state index contributed by atoms with van der Waals surface area (Å²) in [4.78, 5) is 17.5. The van der Waals surface area contributed by atoms with Gasteiger partial charge in [0.15, 0.2) is 0 Å². The average molecular weight is 393 g/mol. The van der Waals surface area contributed by atoms with Crippen LogP contribution in [0.3, 0.4) is 0 Å². The van der Waals surface area contributed by atoms with E-state index in [4.69, 9.17) is 28.3 Å². The molecule has 1 aromatic heterocycles. The minimum atomic E-state index is 0.101. The molecule has 1 aliphatic carbocycles. The molecule has 0 N–H and O–H groups in total. The molecule has 2 heterocycles. The molecule has 0 unspecified atom stereocenters. The first-order valence-corrected chi connectivity index (χ1v) is 9.74. The molecule has 1 saturated carbocycles. The van der Waals surface area contributed by atoms with Crippen LogP contribution < -0.4 is 0 Å². The number of likely N-dealkylation sites (N-methyl/N-ethyl adjacent to an activating group) is 1. The summed E-state index contributed by atoms with van der Waals surface area (Å²) in [6.07, 6.45) is 2.20. The Morgan fingerprint density at radius 1 is 1.12 bits per heavy atom. The van der Waals surface area contributed by atoms with Crippen molar-refractivity contribution in [2.75, 3.05) is 33.2 Å². The molecule has 0 spiro atoms. The number of rotatable bonds is 3. The smallest absolute Gasteiger partial charge is 0.257 e. The number of carbonyl (C=O) groups excluding carboxylic acids is 1. The van der Waals surface area contributed by atoms with Crippen LogP contribution in [0.4, 0.5) is 0 Å². The minimum Gasteiger partial charge on any atom is -0.336 e. The molecule has 1 saturated heterocycles. The van der Waals surface area contributed by atoms with Crippen molar-refractivity contribution < 1.29 is 4.79 Å². The van der Waals surface area contributed by atoms with E-state index in [1.54, 1.807) is 12.1 Å². The molecule has 0 atom stereocenters. The lowest BCUT2D eigenvalue weighted by Gasteiger charge is -2.32.